The predicted molar refractivity (Wildman–Crippen MR) is 61.2 cm³/mol. The zero-order valence-electron chi connectivity index (χ0n) is 9.36. The Balaban J connectivity index is 1.52. The third-order valence-electron chi connectivity index (χ3n) is 5.71. The van der Waals surface area contributed by atoms with Gasteiger partial charge in [-0.05, 0) is 68.1 Å². The molecular weight excluding hydrogens is 182 g/mol. The number of nitrogens with two attached hydrogens (primary N) is 1. The molecule has 0 spiro atoms. The summed E-state index contributed by atoms with van der Waals surface area (Å²) in [6, 6.07) is 0.450. The maximum Gasteiger partial charge on any atom is 0.0288 e. The van der Waals surface area contributed by atoms with Gasteiger partial charge in [0.05, 0.1) is 0 Å². The molecule has 1 heteroatoms. The van der Waals surface area contributed by atoms with Gasteiger partial charge in [-0.3, -0.25) is 0 Å². The van der Waals surface area contributed by atoms with Crippen LogP contribution >= 0.6 is 0 Å². The fraction of sp³-hybridized carbons (Fsp3) is 0.857. The Labute approximate surface area is 92.1 Å². The molecule has 0 saturated heterocycles. The van der Waals surface area contributed by atoms with E-state index in [1.54, 1.807) is 12.0 Å². The van der Waals surface area contributed by atoms with Crippen LogP contribution in [-0.4, -0.2) is 6.04 Å². The molecular formula is C14H21N. The van der Waals surface area contributed by atoms with E-state index < -0.39 is 0 Å². The lowest BCUT2D eigenvalue weighted by Gasteiger charge is -2.17. The van der Waals surface area contributed by atoms with Crippen molar-refractivity contribution in [3.63, 3.8) is 0 Å². The molecule has 4 rings (SSSR count). The summed E-state index contributed by atoms with van der Waals surface area (Å²) in [7, 11) is 0. The molecule has 82 valence electrons. The summed E-state index contributed by atoms with van der Waals surface area (Å²) < 4.78 is 0. The summed E-state index contributed by atoms with van der Waals surface area (Å²) in [5, 5.41) is 0. The molecule has 0 aromatic heterocycles. The maximum atomic E-state index is 6.46. The molecule has 0 aromatic carbocycles. The first kappa shape index (κ1) is 8.81. The zero-order chi connectivity index (χ0) is 9.99. The molecule has 0 heterocycles. The van der Waals surface area contributed by atoms with Gasteiger partial charge in [0, 0.05) is 6.04 Å². The molecule has 3 saturated carbocycles. The third kappa shape index (κ3) is 1.08. The average molecular weight is 203 g/mol. The molecule has 1 nitrogen and oxygen atoms in total. The van der Waals surface area contributed by atoms with Gasteiger partial charge in [0.25, 0.3) is 0 Å². The van der Waals surface area contributed by atoms with E-state index in [4.69, 9.17) is 5.73 Å². The Morgan fingerprint density at radius 3 is 2.53 bits per heavy atom. The van der Waals surface area contributed by atoms with Crippen molar-refractivity contribution >= 4 is 0 Å². The SMILES string of the molecule is NC(C1=CCCC1)C1C2C3CCC(C3)C21. The third-order valence-corrected chi connectivity index (χ3v) is 5.71. The molecule has 0 aliphatic heterocycles. The Bertz CT molecular complexity index is 303. The molecule has 0 amide bonds. The lowest BCUT2D eigenvalue weighted by atomic mass is 9.93. The monoisotopic (exact) mass is 203 g/mol. The van der Waals surface area contributed by atoms with E-state index in [0.29, 0.717) is 6.04 Å². The van der Waals surface area contributed by atoms with E-state index in [1.807, 2.05) is 0 Å². The highest BCUT2D eigenvalue weighted by atomic mass is 14.8. The second-order valence-electron chi connectivity index (χ2n) is 6.26. The minimum Gasteiger partial charge on any atom is -0.324 e. The van der Waals surface area contributed by atoms with Crippen LogP contribution in [0.25, 0.3) is 0 Å². The maximum absolute atomic E-state index is 6.46. The first-order valence-corrected chi connectivity index (χ1v) is 6.81. The Morgan fingerprint density at radius 2 is 1.93 bits per heavy atom. The lowest BCUT2D eigenvalue weighted by Crippen LogP contribution is -2.27. The van der Waals surface area contributed by atoms with E-state index >= 15 is 0 Å². The molecule has 0 radical (unpaired) electrons. The topological polar surface area (TPSA) is 26.0 Å². The molecule has 4 aliphatic rings. The number of allylic oxidation sites excluding steroid dienone is 1. The quantitative estimate of drug-likeness (QED) is 0.686. The van der Waals surface area contributed by atoms with Crippen molar-refractivity contribution in [3.05, 3.63) is 11.6 Å². The standard InChI is InChI=1S/C14H21N/c15-14(8-3-1-2-4-8)13-11-9-5-6-10(7-9)12(11)13/h3,9-14H,1-2,4-7,15H2. The van der Waals surface area contributed by atoms with Gasteiger partial charge in [-0.2, -0.15) is 0 Å². The minimum absolute atomic E-state index is 0.450. The van der Waals surface area contributed by atoms with Gasteiger partial charge in [-0.1, -0.05) is 11.6 Å². The first-order chi connectivity index (χ1) is 7.36. The largest absolute Gasteiger partial charge is 0.324 e. The molecule has 4 aliphatic carbocycles. The molecule has 2 bridgehead atoms. The van der Waals surface area contributed by atoms with E-state index in [-0.39, 0.29) is 0 Å². The number of hydrogen-bond acceptors (Lipinski definition) is 1. The highest BCUT2D eigenvalue weighted by molar-refractivity contribution is 5.25. The van der Waals surface area contributed by atoms with Crippen molar-refractivity contribution in [2.75, 3.05) is 0 Å². The fourth-order valence-corrected chi connectivity index (χ4v) is 5.12. The second kappa shape index (κ2) is 2.88. The van der Waals surface area contributed by atoms with Crippen molar-refractivity contribution in [1.29, 1.82) is 0 Å². The number of rotatable bonds is 2. The van der Waals surface area contributed by atoms with Crippen LogP contribution in [0.1, 0.15) is 38.5 Å². The van der Waals surface area contributed by atoms with Crippen LogP contribution in [0.4, 0.5) is 0 Å². The van der Waals surface area contributed by atoms with Crippen molar-refractivity contribution in [1.82, 2.24) is 0 Å². The lowest BCUT2D eigenvalue weighted by molar-refractivity contribution is 0.430. The minimum atomic E-state index is 0.450. The second-order valence-corrected chi connectivity index (χ2v) is 6.26. The highest BCUT2D eigenvalue weighted by Gasteiger charge is 2.66. The molecule has 5 atom stereocenters. The van der Waals surface area contributed by atoms with Crippen molar-refractivity contribution in [2.45, 2.75) is 44.6 Å². The van der Waals surface area contributed by atoms with Crippen molar-refractivity contribution in [3.8, 4) is 0 Å². The Morgan fingerprint density at radius 1 is 1.20 bits per heavy atom. The van der Waals surface area contributed by atoms with Gasteiger partial charge < -0.3 is 5.73 Å². The normalized spacial score (nSPS) is 52.9. The summed E-state index contributed by atoms with van der Waals surface area (Å²) in [4.78, 5) is 0. The molecule has 15 heavy (non-hydrogen) atoms. The van der Waals surface area contributed by atoms with Gasteiger partial charge in [0.2, 0.25) is 0 Å². The Kier molecular flexibility index (Phi) is 1.69. The van der Waals surface area contributed by atoms with Crippen LogP contribution in [-0.2, 0) is 0 Å². The number of hydrogen-bond donors (Lipinski definition) is 1. The fourth-order valence-electron chi connectivity index (χ4n) is 5.12. The summed E-state index contributed by atoms with van der Waals surface area (Å²) in [5.41, 5.74) is 8.06. The van der Waals surface area contributed by atoms with Gasteiger partial charge in [0.15, 0.2) is 0 Å². The van der Waals surface area contributed by atoms with Gasteiger partial charge in [0.1, 0.15) is 0 Å². The first-order valence-electron chi connectivity index (χ1n) is 6.81. The average Bonchev–Trinajstić information content (AvgIpc) is 2.70. The van der Waals surface area contributed by atoms with Crippen LogP contribution in [0.3, 0.4) is 0 Å². The number of fused-ring (bicyclic) bond motifs is 5. The van der Waals surface area contributed by atoms with Gasteiger partial charge in [-0.25, -0.2) is 0 Å². The van der Waals surface area contributed by atoms with Crippen molar-refractivity contribution in [2.24, 2.45) is 35.3 Å². The smallest absolute Gasteiger partial charge is 0.0288 e. The summed E-state index contributed by atoms with van der Waals surface area (Å²) >= 11 is 0. The van der Waals surface area contributed by atoms with Crippen LogP contribution in [0.2, 0.25) is 0 Å². The van der Waals surface area contributed by atoms with Gasteiger partial charge in [-0.15, -0.1) is 0 Å². The van der Waals surface area contributed by atoms with E-state index in [2.05, 4.69) is 6.08 Å². The van der Waals surface area contributed by atoms with Crippen LogP contribution in [0.15, 0.2) is 11.6 Å². The van der Waals surface area contributed by atoms with Crippen molar-refractivity contribution < 1.29 is 0 Å². The summed E-state index contributed by atoms with van der Waals surface area (Å²) in [5.74, 6) is 5.18. The van der Waals surface area contributed by atoms with Gasteiger partial charge >= 0.3 is 0 Å². The summed E-state index contributed by atoms with van der Waals surface area (Å²) in [6.07, 6.45) is 11.0. The van der Waals surface area contributed by atoms with Crippen LogP contribution in [0, 0.1) is 29.6 Å². The summed E-state index contributed by atoms with van der Waals surface area (Å²) in [6.45, 7) is 0. The zero-order valence-corrected chi connectivity index (χ0v) is 9.36. The van der Waals surface area contributed by atoms with E-state index in [0.717, 1.165) is 29.6 Å². The highest BCUT2D eigenvalue weighted by Crippen LogP contribution is 2.70. The Hall–Kier alpha value is -0.300. The van der Waals surface area contributed by atoms with E-state index in [9.17, 15) is 0 Å². The van der Waals surface area contributed by atoms with E-state index in [1.165, 1.54) is 32.1 Å². The predicted octanol–water partition coefficient (Wildman–Crippen LogP) is 2.72. The van der Waals surface area contributed by atoms with Crippen LogP contribution in [0.5, 0.6) is 0 Å². The molecule has 5 unspecified atom stereocenters. The molecule has 0 aromatic rings. The molecule has 3 fully saturated rings. The molecule has 2 N–H and O–H groups in total. The van der Waals surface area contributed by atoms with Crippen LogP contribution < -0.4 is 5.73 Å².